The highest BCUT2D eigenvalue weighted by molar-refractivity contribution is 8.02. The van der Waals surface area contributed by atoms with Crippen LogP contribution in [0.3, 0.4) is 0 Å². The number of nitrogens with zero attached hydrogens (tertiary/aromatic N) is 2. The van der Waals surface area contributed by atoms with E-state index in [1.54, 1.807) is 11.8 Å². The average molecular weight is 942 g/mol. The fourth-order valence-corrected chi connectivity index (χ4v) is 7.97. The number of nitrogens with one attached hydrogen (secondary N) is 3. The number of hydrogen-bond donors (Lipinski definition) is 3. The number of imide groups is 2. The van der Waals surface area contributed by atoms with Gasteiger partial charge in [-0.1, -0.05) is 145 Å². The molecule has 7 amide bonds. The van der Waals surface area contributed by atoms with Gasteiger partial charge in [-0.2, -0.15) is 0 Å². The summed E-state index contributed by atoms with van der Waals surface area (Å²) in [6.07, 6.45) is 2.35. The molecule has 2 atom stereocenters. The van der Waals surface area contributed by atoms with Gasteiger partial charge < -0.3 is 16.0 Å². The van der Waals surface area contributed by atoms with Crippen LogP contribution in [0.15, 0.2) is 0 Å². The van der Waals surface area contributed by atoms with Gasteiger partial charge >= 0.3 is 0 Å². The number of carbonyl (C=O) groups excluding carboxylic acids is 7. The van der Waals surface area contributed by atoms with Crippen molar-refractivity contribution in [2.24, 2.45) is 27.1 Å². The number of rotatable bonds is 10. The molecule has 0 saturated carbocycles. The molecule has 2 fully saturated rings. The molecule has 2 unspecified atom stereocenters. The maximum absolute atomic E-state index is 12.3. The quantitative estimate of drug-likeness (QED) is 0.181. The Bertz CT molecular complexity index is 1540. The van der Waals surface area contributed by atoms with Crippen molar-refractivity contribution in [3.05, 3.63) is 0 Å². The average Bonchev–Trinajstić information content (AvgIpc) is 3.43. The van der Waals surface area contributed by atoms with Crippen LogP contribution in [-0.2, 0) is 33.6 Å². The molecule has 374 valence electrons. The van der Waals surface area contributed by atoms with Crippen LogP contribution < -0.4 is 16.0 Å². The monoisotopic (exact) mass is 942 g/mol. The first-order valence-corrected chi connectivity index (χ1v) is 24.8. The van der Waals surface area contributed by atoms with Crippen molar-refractivity contribution in [3.8, 4) is 0 Å². The molecule has 0 aromatic carbocycles. The van der Waals surface area contributed by atoms with Gasteiger partial charge in [-0.3, -0.25) is 43.4 Å². The maximum atomic E-state index is 12.3. The number of likely N-dealkylation sites (tertiary alicyclic amines) is 2. The maximum Gasteiger partial charge on any atom is 0.242 e. The fraction of sp³-hybridized carbons (Fsp3) is 0.860. The first-order chi connectivity index (χ1) is 28.1. The number of hydrogen-bond acceptors (Lipinski definition) is 9. The van der Waals surface area contributed by atoms with Crippen molar-refractivity contribution < 1.29 is 33.6 Å². The van der Waals surface area contributed by atoms with E-state index >= 15 is 0 Å². The van der Waals surface area contributed by atoms with Crippen molar-refractivity contribution in [2.45, 2.75) is 224 Å². The third kappa shape index (κ3) is 33.0. The summed E-state index contributed by atoms with van der Waals surface area (Å²) in [5.41, 5.74) is 0.00407. The normalized spacial score (nSPS) is 17.8. The predicted molar refractivity (Wildman–Crippen MR) is 270 cm³/mol. The highest BCUT2D eigenvalue weighted by atomic mass is 32.2. The zero-order chi connectivity index (χ0) is 51.3. The van der Waals surface area contributed by atoms with Crippen LogP contribution in [0.2, 0.25) is 0 Å². The number of thioether (sulfide) groups is 2. The van der Waals surface area contributed by atoms with Gasteiger partial charge in [0.15, 0.2) is 0 Å². The highest BCUT2D eigenvalue weighted by Gasteiger charge is 2.42. The Morgan fingerprint density at radius 3 is 1.17 bits per heavy atom. The van der Waals surface area contributed by atoms with E-state index in [9.17, 15) is 33.6 Å². The summed E-state index contributed by atoms with van der Waals surface area (Å²) in [5, 5.41) is 8.20. The second-order valence-electron chi connectivity index (χ2n) is 26.0. The Labute approximate surface area is 399 Å². The zero-order valence-corrected chi connectivity index (χ0v) is 46.7. The smallest absolute Gasteiger partial charge is 0.242 e. The topological polar surface area (TPSA) is 162 Å². The molecule has 0 radical (unpaired) electrons. The first kappa shape index (κ1) is 63.5. The summed E-state index contributed by atoms with van der Waals surface area (Å²) in [6.45, 7) is 51.1. The van der Waals surface area contributed by atoms with Crippen LogP contribution in [0.1, 0.15) is 198 Å². The largest absolute Gasteiger partial charge is 0.356 e. The van der Waals surface area contributed by atoms with Gasteiger partial charge in [0.05, 0.1) is 10.5 Å². The SMILES string of the molecule is CC(C)(C)CCC(=O)NCC(C)(C)C.CC(C)(C)CN1C(=O)CC(SC(C)(C)C)C1=O.CC(C)(C)CNC(=O)CCN1C(=O)CC(SC(C)(C)C)C1=O.CC(C)(C)NC(=O)C(C)(C)C. The number of amides is 7. The van der Waals surface area contributed by atoms with E-state index in [2.05, 4.69) is 78.3 Å². The van der Waals surface area contributed by atoms with Gasteiger partial charge in [0.1, 0.15) is 0 Å². The third-order valence-electron chi connectivity index (χ3n) is 8.50. The molecular formula is C50H95N5O7S2. The lowest BCUT2D eigenvalue weighted by Crippen LogP contribution is -2.46. The summed E-state index contributed by atoms with van der Waals surface area (Å²) >= 11 is 3.11. The second-order valence-corrected chi connectivity index (χ2v) is 30.1. The van der Waals surface area contributed by atoms with Crippen LogP contribution >= 0.6 is 23.5 Å². The van der Waals surface area contributed by atoms with Gasteiger partial charge in [0.2, 0.25) is 41.4 Å². The minimum absolute atomic E-state index is 0.00940. The molecule has 2 rings (SSSR count). The molecule has 12 nitrogen and oxygen atoms in total. The fourth-order valence-electron chi connectivity index (χ4n) is 5.35. The molecule has 0 bridgehead atoms. The lowest BCUT2D eigenvalue weighted by Gasteiger charge is -2.26. The van der Waals surface area contributed by atoms with Crippen LogP contribution in [0.5, 0.6) is 0 Å². The van der Waals surface area contributed by atoms with E-state index in [1.807, 2.05) is 104 Å². The van der Waals surface area contributed by atoms with Crippen LogP contribution in [-0.4, -0.2) is 103 Å². The minimum atomic E-state index is -0.315. The van der Waals surface area contributed by atoms with Crippen molar-refractivity contribution in [3.63, 3.8) is 0 Å². The molecule has 64 heavy (non-hydrogen) atoms. The molecule has 2 saturated heterocycles. The van der Waals surface area contributed by atoms with Crippen molar-refractivity contribution >= 4 is 64.9 Å². The van der Waals surface area contributed by atoms with E-state index in [0.717, 1.165) is 13.0 Å². The van der Waals surface area contributed by atoms with Gasteiger partial charge in [0.25, 0.3) is 0 Å². The Morgan fingerprint density at radius 1 is 0.516 bits per heavy atom. The molecule has 0 aromatic rings. The summed E-state index contributed by atoms with van der Waals surface area (Å²) < 4.78 is -0.0565. The van der Waals surface area contributed by atoms with E-state index in [0.29, 0.717) is 25.9 Å². The van der Waals surface area contributed by atoms with Crippen LogP contribution in [0, 0.1) is 27.1 Å². The predicted octanol–water partition coefficient (Wildman–Crippen LogP) is 9.81. The molecule has 2 aliphatic rings. The lowest BCUT2D eigenvalue weighted by molar-refractivity contribution is -0.141. The van der Waals surface area contributed by atoms with Gasteiger partial charge in [-0.15, -0.1) is 23.5 Å². The Kier molecular flexibility index (Phi) is 24.7. The first-order valence-electron chi connectivity index (χ1n) is 23.0. The van der Waals surface area contributed by atoms with Crippen molar-refractivity contribution in [1.82, 2.24) is 25.8 Å². The summed E-state index contributed by atoms with van der Waals surface area (Å²) in [5.74, 6) is -0.206. The van der Waals surface area contributed by atoms with Gasteiger partial charge in [-0.05, 0) is 48.9 Å². The molecule has 0 aromatic heterocycles. The van der Waals surface area contributed by atoms with Crippen LogP contribution in [0.25, 0.3) is 0 Å². The summed E-state index contributed by atoms with van der Waals surface area (Å²) in [7, 11) is 0. The molecular weight excluding hydrogens is 847 g/mol. The van der Waals surface area contributed by atoms with Gasteiger partial charge in [-0.25, -0.2) is 0 Å². The van der Waals surface area contributed by atoms with Gasteiger partial charge in [0, 0.05) is 72.3 Å². The molecule has 0 spiro atoms. The third-order valence-corrected chi connectivity index (χ3v) is 11.2. The summed E-state index contributed by atoms with van der Waals surface area (Å²) in [4.78, 5) is 85.5. The van der Waals surface area contributed by atoms with E-state index < -0.39 is 0 Å². The van der Waals surface area contributed by atoms with Crippen LogP contribution in [0.4, 0.5) is 0 Å². The standard InChI is InChI=1S/C16H28N2O3S.C13H23NO2S.C12H25NO.C9H19NO/c1-15(2,3)10-17-12(19)7-8-18-13(20)9-11(14(18)21)22-16(4,5)6;1-12(2,3)8-14-10(15)7-9(11(14)16)17-13(4,5)6;1-11(2,3)8-7-10(14)13-9-12(4,5)6;1-8(2,3)7(11)10-9(4,5)6/h11H,7-10H2,1-6H3,(H,17,19);9H,7-8H2,1-6H3;7-9H2,1-6H3,(H,13,14);1-6H3,(H,10,11). The highest BCUT2D eigenvalue weighted by Crippen LogP contribution is 2.36. The van der Waals surface area contributed by atoms with E-state index in [1.165, 1.54) is 21.6 Å². The minimum Gasteiger partial charge on any atom is -0.356 e. The zero-order valence-electron chi connectivity index (χ0n) is 45.1. The van der Waals surface area contributed by atoms with E-state index in [4.69, 9.17) is 0 Å². The molecule has 2 aliphatic heterocycles. The Morgan fingerprint density at radius 2 is 0.875 bits per heavy atom. The second kappa shape index (κ2) is 25.0. The Hall–Kier alpha value is -2.61. The lowest BCUT2D eigenvalue weighted by atomic mass is 9.90. The molecule has 2 heterocycles. The number of carbonyl (C=O) groups is 7. The molecule has 3 N–H and O–H groups in total. The molecule has 0 aliphatic carbocycles. The Balaban J connectivity index is 0. The van der Waals surface area contributed by atoms with E-state index in [-0.39, 0.29) is 113 Å². The molecule has 14 heteroatoms. The summed E-state index contributed by atoms with van der Waals surface area (Å²) in [6, 6.07) is 0. The van der Waals surface area contributed by atoms with Crippen molar-refractivity contribution in [1.29, 1.82) is 0 Å². The van der Waals surface area contributed by atoms with Crippen molar-refractivity contribution in [2.75, 3.05) is 26.2 Å².